The van der Waals surface area contributed by atoms with Gasteiger partial charge in [-0.25, -0.2) is 9.78 Å². The lowest BCUT2D eigenvalue weighted by Gasteiger charge is -2.15. The Morgan fingerprint density at radius 3 is 2.56 bits per heavy atom. The smallest absolute Gasteiger partial charge is 0.326 e. The molecule has 1 N–H and O–H groups in total. The second-order valence-electron chi connectivity index (χ2n) is 6.48. The van der Waals surface area contributed by atoms with Crippen LogP contribution in [-0.4, -0.2) is 47.0 Å². The summed E-state index contributed by atoms with van der Waals surface area (Å²) in [6.45, 7) is 2.70. The van der Waals surface area contributed by atoms with Crippen LogP contribution in [0.15, 0.2) is 29.6 Å². The highest BCUT2D eigenvalue weighted by molar-refractivity contribution is 7.13. The van der Waals surface area contributed by atoms with Crippen molar-refractivity contribution in [3.63, 3.8) is 0 Å². The van der Waals surface area contributed by atoms with Crippen molar-refractivity contribution in [2.45, 2.75) is 26.0 Å². The Labute approximate surface area is 160 Å². The third-order valence-corrected chi connectivity index (χ3v) is 4.94. The van der Waals surface area contributed by atoms with Gasteiger partial charge in [0.15, 0.2) is 0 Å². The lowest BCUT2D eigenvalue weighted by Crippen LogP contribution is -2.41. The number of ether oxygens (including phenoxy) is 2. The Hall–Kier alpha value is -2.94. The van der Waals surface area contributed by atoms with Gasteiger partial charge in [-0.05, 0) is 38.1 Å². The van der Waals surface area contributed by atoms with Crippen LogP contribution in [0.5, 0.6) is 5.75 Å². The number of aromatic nitrogens is 1. The summed E-state index contributed by atoms with van der Waals surface area (Å²) in [5.41, 5.74) is 0.510. The highest BCUT2D eigenvalue weighted by Crippen LogP contribution is 2.26. The van der Waals surface area contributed by atoms with Gasteiger partial charge >= 0.3 is 12.0 Å². The third-order valence-electron chi connectivity index (χ3n) is 4.00. The largest absolute Gasteiger partial charge is 0.497 e. The van der Waals surface area contributed by atoms with E-state index in [9.17, 15) is 14.4 Å². The molecule has 1 aromatic heterocycles. The van der Waals surface area contributed by atoms with E-state index in [0.717, 1.165) is 21.2 Å². The number of nitrogens with zero attached hydrogens (tertiary/aromatic N) is 2. The molecule has 0 aliphatic carbocycles. The van der Waals surface area contributed by atoms with Gasteiger partial charge in [0.05, 0.1) is 12.8 Å². The van der Waals surface area contributed by atoms with Crippen molar-refractivity contribution in [1.82, 2.24) is 15.2 Å². The first kappa shape index (κ1) is 18.8. The van der Waals surface area contributed by atoms with Gasteiger partial charge in [-0.2, -0.15) is 0 Å². The second-order valence-corrected chi connectivity index (χ2v) is 7.34. The molecule has 9 heteroatoms. The molecule has 1 fully saturated rings. The Kier molecular flexibility index (Phi) is 5.13. The molecule has 0 saturated carbocycles. The van der Waals surface area contributed by atoms with Crippen LogP contribution < -0.4 is 10.1 Å². The lowest BCUT2D eigenvalue weighted by atomic mass is 10.1. The maximum Gasteiger partial charge on any atom is 0.326 e. The van der Waals surface area contributed by atoms with E-state index in [4.69, 9.17) is 9.47 Å². The number of urea groups is 1. The number of rotatable bonds is 6. The van der Waals surface area contributed by atoms with Crippen molar-refractivity contribution in [2.24, 2.45) is 0 Å². The summed E-state index contributed by atoms with van der Waals surface area (Å²) in [4.78, 5) is 41.1. The number of nitrogens with one attached hydrogen (secondary N) is 1. The van der Waals surface area contributed by atoms with Gasteiger partial charge in [0.1, 0.15) is 29.4 Å². The molecule has 8 nitrogen and oxygen atoms in total. The number of hydrogen-bond donors (Lipinski definition) is 1. The molecule has 1 aliphatic rings. The second kappa shape index (κ2) is 7.36. The molecule has 0 bridgehead atoms. The van der Waals surface area contributed by atoms with Gasteiger partial charge in [0.2, 0.25) is 0 Å². The van der Waals surface area contributed by atoms with E-state index in [-0.39, 0.29) is 6.61 Å². The first-order valence-corrected chi connectivity index (χ1v) is 9.06. The summed E-state index contributed by atoms with van der Waals surface area (Å²) < 4.78 is 10.3. The monoisotopic (exact) mass is 389 g/mol. The molecule has 3 amide bonds. The van der Waals surface area contributed by atoms with Gasteiger partial charge in [-0.3, -0.25) is 14.5 Å². The normalized spacial score (nSPS) is 15.6. The van der Waals surface area contributed by atoms with Crippen molar-refractivity contribution < 1.29 is 23.9 Å². The molecule has 2 aromatic rings. The van der Waals surface area contributed by atoms with Crippen LogP contribution in [0.1, 0.15) is 19.5 Å². The number of methoxy groups -OCH3 is 1. The van der Waals surface area contributed by atoms with Crippen LogP contribution in [0.4, 0.5) is 4.79 Å². The fraction of sp³-hybridized carbons (Fsp3) is 0.333. The fourth-order valence-corrected chi connectivity index (χ4v) is 3.34. The van der Waals surface area contributed by atoms with E-state index in [1.807, 2.05) is 24.3 Å². The molecule has 0 unspecified atom stereocenters. The summed E-state index contributed by atoms with van der Waals surface area (Å²) in [7, 11) is 1.60. The van der Waals surface area contributed by atoms with Crippen LogP contribution in [0.3, 0.4) is 0 Å². The summed E-state index contributed by atoms with van der Waals surface area (Å²) in [5.74, 6) is -0.372. The van der Waals surface area contributed by atoms with Gasteiger partial charge in [0.25, 0.3) is 5.91 Å². The molecular formula is C18H19N3O5S. The summed E-state index contributed by atoms with van der Waals surface area (Å²) in [6, 6.07) is 6.88. The van der Waals surface area contributed by atoms with Crippen molar-refractivity contribution >= 4 is 29.2 Å². The zero-order chi connectivity index (χ0) is 19.6. The van der Waals surface area contributed by atoms with E-state index in [1.54, 1.807) is 26.3 Å². The standard InChI is InChI=1S/C18H19N3O5S/c1-18(2)16(23)21(17(24)20-18)8-14(22)26-9-12-10-27-15(19-12)11-4-6-13(25-3)7-5-11/h4-7,10H,8-9H2,1-3H3,(H,20,24). The van der Waals surface area contributed by atoms with Crippen molar-refractivity contribution in [3.8, 4) is 16.3 Å². The number of amides is 3. The van der Waals surface area contributed by atoms with E-state index >= 15 is 0 Å². The molecule has 1 aliphatic heterocycles. The highest BCUT2D eigenvalue weighted by Gasteiger charge is 2.45. The van der Waals surface area contributed by atoms with Crippen LogP contribution >= 0.6 is 11.3 Å². The average Bonchev–Trinajstić information content (AvgIpc) is 3.19. The number of esters is 1. The molecule has 1 saturated heterocycles. The summed E-state index contributed by atoms with van der Waals surface area (Å²) in [5, 5.41) is 5.10. The number of benzene rings is 1. The van der Waals surface area contributed by atoms with Gasteiger partial charge in [0, 0.05) is 10.9 Å². The van der Waals surface area contributed by atoms with E-state index in [0.29, 0.717) is 5.69 Å². The molecule has 2 heterocycles. The van der Waals surface area contributed by atoms with Crippen LogP contribution in [0.2, 0.25) is 0 Å². The minimum atomic E-state index is -1.01. The maximum absolute atomic E-state index is 12.1. The Morgan fingerprint density at radius 1 is 1.26 bits per heavy atom. The number of carbonyl (C=O) groups excluding carboxylic acids is 3. The van der Waals surface area contributed by atoms with Gasteiger partial charge in [-0.1, -0.05) is 0 Å². The quantitative estimate of drug-likeness (QED) is 0.601. The molecule has 1 aromatic carbocycles. The lowest BCUT2D eigenvalue weighted by molar-refractivity contribution is -0.148. The van der Waals surface area contributed by atoms with E-state index in [1.165, 1.54) is 11.3 Å². The first-order chi connectivity index (χ1) is 12.8. The van der Waals surface area contributed by atoms with E-state index < -0.39 is 30.0 Å². The molecule has 0 spiro atoms. The number of carbonyl (C=O) groups is 3. The van der Waals surface area contributed by atoms with Crippen LogP contribution in [-0.2, 0) is 20.9 Å². The average molecular weight is 389 g/mol. The van der Waals surface area contributed by atoms with Gasteiger partial charge < -0.3 is 14.8 Å². The fourth-order valence-electron chi connectivity index (χ4n) is 2.53. The molecule has 3 rings (SSSR count). The van der Waals surface area contributed by atoms with Crippen LogP contribution in [0.25, 0.3) is 10.6 Å². The Bertz CT molecular complexity index is 875. The predicted molar refractivity (Wildman–Crippen MR) is 98.2 cm³/mol. The zero-order valence-corrected chi connectivity index (χ0v) is 16.0. The molecule has 0 atom stereocenters. The minimum Gasteiger partial charge on any atom is -0.497 e. The third kappa shape index (κ3) is 4.08. The summed E-state index contributed by atoms with van der Waals surface area (Å²) in [6.07, 6.45) is 0. The topological polar surface area (TPSA) is 97.8 Å². The van der Waals surface area contributed by atoms with E-state index in [2.05, 4.69) is 10.3 Å². The van der Waals surface area contributed by atoms with Crippen molar-refractivity contribution in [1.29, 1.82) is 0 Å². The molecule has 142 valence electrons. The molecule has 27 heavy (non-hydrogen) atoms. The predicted octanol–water partition coefficient (Wildman–Crippen LogP) is 2.19. The SMILES string of the molecule is COc1ccc(-c2nc(COC(=O)CN3C(=O)NC(C)(C)C3=O)cs2)cc1. The van der Waals surface area contributed by atoms with Crippen molar-refractivity contribution in [3.05, 3.63) is 35.3 Å². The number of imide groups is 1. The Balaban J connectivity index is 1.56. The van der Waals surface area contributed by atoms with Gasteiger partial charge in [-0.15, -0.1) is 11.3 Å². The maximum atomic E-state index is 12.1. The molecule has 0 radical (unpaired) electrons. The highest BCUT2D eigenvalue weighted by atomic mass is 32.1. The number of thiazole rings is 1. The summed E-state index contributed by atoms with van der Waals surface area (Å²) >= 11 is 1.43. The number of hydrogen-bond acceptors (Lipinski definition) is 7. The van der Waals surface area contributed by atoms with Crippen LogP contribution in [0, 0.1) is 0 Å². The minimum absolute atomic E-state index is 0.0292. The van der Waals surface area contributed by atoms with Crippen molar-refractivity contribution in [2.75, 3.05) is 13.7 Å². The molecular weight excluding hydrogens is 370 g/mol. The zero-order valence-electron chi connectivity index (χ0n) is 15.1. The first-order valence-electron chi connectivity index (χ1n) is 8.19. The Morgan fingerprint density at radius 2 is 1.96 bits per heavy atom.